The lowest BCUT2D eigenvalue weighted by Crippen LogP contribution is -2.14. The molecule has 3 aromatic carbocycles. The van der Waals surface area contributed by atoms with E-state index in [-0.39, 0.29) is 5.56 Å². The number of rotatable bonds is 0. The molecule has 0 amide bonds. The second-order valence-electron chi connectivity index (χ2n) is 6.98. The van der Waals surface area contributed by atoms with E-state index in [0.717, 1.165) is 56.5 Å². The van der Waals surface area contributed by atoms with Gasteiger partial charge in [-0.05, 0) is 61.4 Å². The molecule has 0 aliphatic heterocycles. The van der Waals surface area contributed by atoms with E-state index in [9.17, 15) is 4.79 Å². The lowest BCUT2D eigenvalue weighted by molar-refractivity contribution is 0.399. The summed E-state index contributed by atoms with van der Waals surface area (Å²) in [6.45, 7) is 8.44. The van der Waals surface area contributed by atoms with Gasteiger partial charge in [-0.15, -0.1) is 0 Å². The fraction of sp³-hybridized carbons (Fsp3) is 0.217. The highest BCUT2D eigenvalue weighted by Gasteiger charge is 2.20. The van der Waals surface area contributed by atoms with Gasteiger partial charge in [0.25, 0.3) is 5.56 Å². The van der Waals surface area contributed by atoms with E-state index in [1.165, 1.54) is 11.1 Å². The van der Waals surface area contributed by atoms with Crippen molar-refractivity contribution >= 4 is 38.2 Å². The summed E-state index contributed by atoms with van der Waals surface area (Å²) >= 11 is 0. The normalized spacial score (nSPS) is 11.5. The zero-order chi connectivity index (χ0) is 19.5. The third-order valence-corrected chi connectivity index (χ3v) is 5.85. The van der Waals surface area contributed by atoms with Gasteiger partial charge in [0.05, 0.1) is 11.0 Å². The highest BCUT2D eigenvalue weighted by atomic mass is 16.2. The zero-order valence-corrected chi connectivity index (χ0v) is 16.2. The van der Waals surface area contributed by atoms with Crippen LogP contribution >= 0.6 is 0 Å². The number of pyridine rings is 1. The Morgan fingerprint density at radius 2 is 1.41 bits per heavy atom. The smallest absolute Gasteiger partial charge is 0.264 e. The maximum Gasteiger partial charge on any atom is 0.264 e. The number of aryl methyl sites for hydroxylation is 2. The summed E-state index contributed by atoms with van der Waals surface area (Å²) < 4.78 is 1.82. The first-order valence-corrected chi connectivity index (χ1v) is 9.01. The Bertz CT molecular complexity index is 1390. The Hall–Kier alpha value is -2.98. The maximum absolute atomic E-state index is 13.4. The third kappa shape index (κ3) is 2.14. The van der Waals surface area contributed by atoms with E-state index >= 15 is 0 Å². The SMILES string of the molecule is CO.Cc1c(C)c(C)c2c(nc3c4cccc5cccc(c(=O)n32)c54)c1C. The molecule has 0 saturated carbocycles. The summed E-state index contributed by atoms with van der Waals surface area (Å²) in [5, 5.41) is 10.9. The van der Waals surface area contributed by atoms with Crippen LogP contribution in [0.5, 0.6) is 0 Å². The van der Waals surface area contributed by atoms with E-state index in [0.29, 0.717) is 0 Å². The summed E-state index contributed by atoms with van der Waals surface area (Å²) in [7, 11) is 1.00. The number of fused-ring (bicyclic) bond motifs is 4. The number of hydrogen-bond donors (Lipinski definition) is 1. The number of nitrogens with zero attached hydrogens (tertiary/aromatic N) is 2. The van der Waals surface area contributed by atoms with Crippen LogP contribution in [0.15, 0.2) is 41.2 Å². The molecule has 0 bridgehead atoms. The Morgan fingerprint density at radius 1 is 0.815 bits per heavy atom. The quantitative estimate of drug-likeness (QED) is 0.445. The molecule has 27 heavy (non-hydrogen) atoms. The average Bonchev–Trinajstić information content (AvgIpc) is 3.11. The zero-order valence-electron chi connectivity index (χ0n) is 16.2. The van der Waals surface area contributed by atoms with Gasteiger partial charge in [0, 0.05) is 23.3 Å². The Kier molecular flexibility index (Phi) is 3.89. The predicted octanol–water partition coefficient (Wildman–Crippen LogP) is 4.43. The minimum Gasteiger partial charge on any atom is -0.400 e. The van der Waals surface area contributed by atoms with Crippen molar-refractivity contribution in [3.8, 4) is 0 Å². The number of benzene rings is 3. The van der Waals surface area contributed by atoms with Gasteiger partial charge in [0.2, 0.25) is 0 Å². The molecular weight excluding hydrogens is 336 g/mol. The van der Waals surface area contributed by atoms with Crippen LogP contribution < -0.4 is 5.56 Å². The Labute approximate surface area is 157 Å². The molecule has 0 aliphatic carbocycles. The maximum atomic E-state index is 13.4. The lowest BCUT2D eigenvalue weighted by atomic mass is 9.97. The van der Waals surface area contributed by atoms with Gasteiger partial charge in [-0.3, -0.25) is 9.20 Å². The van der Waals surface area contributed by atoms with Crippen LogP contribution in [0.25, 0.3) is 38.2 Å². The molecule has 0 fully saturated rings. The van der Waals surface area contributed by atoms with Crippen LogP contribution in [0, 0.1) is 27.7 Å². The molecule has 2 aromatic heterocycles. The standard InChI is InChI=1S/C22H18N2O.CH4O/c1-11-12(2)14(4)20-19(13(11)3)23-21-16-9-5-7-15-8-6-10-17(18(15)16)22(25)24(20)21;1-2/h5-10H,1-4H3;2H,1H3. The largest absolute Gasteiger partial charge is 0.400 e. The van der Waals surface area contributed by atoms with Crippen molar-refractivity contribution in [2.24, 2.45) is 0 Å². The van der Waals surface area contributed by atoms with Gasteiger partial charge < -0.3 is 5.11 Å². The van der Waals surface area contributed by atoms with Crippen LogP contribution in [0.3, 0.4) is 0 Å². The highest BCUT2D eigenvalue weighted by molar-refractivity contribution is 6.15. The Balaban J connectivity index is 0.000000872. The van der Waals surface area contributed by atoms with Gasteiger partial charge in [0.1, 0.15) is 5.65 Å². The monoisotopic (exact) mass is 358 g/mol. The summed E-state index contributed by atoms with van der Waals surface area (Å²) in [5.41, 5.74) is 7.45. The molecule has 0 unspecified atom stereocenters. The van der Waals surface area contributed by atoms with E-state index in [1.54, 1.807) is 0 Å². The van der Waals surface area contributed by atoms with Gasteiger partial charge in [0.15, 0.2) is 0 Å². The molecule has 4 nitrogen and oxygen atoms in total. The number of imidazole rings is 1. The molecule has 5 aromatic rings. The summed E-state index contributed by atoms with van der Waals surface area (Å²) in [5.74, 6) is 0. The molecule has 136 valence electrons. The van der Waals surface area contributed by atoms with Gasteiger partial charge >= 0.3 is 0 Å². The minimum atomic E-state index is 0.0209. The van der Waals surface area contributed by atoms with Gasteiger partial charge in [-0.25, -0.2) is 4.98 Å². The van der Waals surface area contributed by atoms with Crippen LogP contribution in [-0.2, 0) is 0 Å². The van der Waals surface area contributed by atoms with Crippen molar-refractivity contribution in [1.29, 1.82) is 0 Å². The molecule has 5 rings (SSSR count). The summed E-state index contributed by atoms with van der Waals surface area (Å²) in [6, 6.07) is 12.1. The molecule has 2 heterocycles. The van der Waals surface area contributed by atoms with Crippen molar-refractivity contribution < 1.29 is 5.11 Å². The Morgan fingerprint density at radius 3 is 2.07 bits per heavy atom. The minimum absolute atomic E-state index is 0.0209. The van der Waals surface area contributed by atoms with Crippen LogP contribution in [0.2, 0.25) is 0 Å². The summed E-state index contributed by atoms with van der Waals surface area (Å²) in [6.07, 6.45) is 0. The molecular formula is C23H22N2O2. The van der Waals surface area contributed by atoms with E-state index in [2.05, 4.69) is 45.9 Å². The molecule has 1 N–H and O–H groups in total. The average molecular weight is 358 g/mol. The van der Waals surface area contributed by atoms with Crippen molar-refractivity contribution in [2.45, 2.75) is 27.7 Å². The first-order chi connectivity index (χ1) is 13.0. The molecule has 0 radical (unpaired) electrons. The van der Waals surface area contributed by atoms with E-state index in [1.807, 2.05) is 22.6 Å². The first kappa shape index (κ1) is 17.4. The van der Waals surface area contributed by atoms with Crippen molar-refractivity contribution in [3.63, 3.8) is 0 Å². The van der Waals surface area contributed by atoms with Gasteiger partial charge in [-0.1, -0.05) is 30.3 Å². The summed E-state index contributed by atoms with van der Waals surface area (Å²) in [4.78, 5) is 18.3. The first-order valence-electron chi connectivity index (χ1n) is 9.01. The van der Waals surface area contributed by atoms with Crippen molar-refractivity contribution in [1.82, 2.24) is 9.38 Å². The molecule has 0 spiro atoms. The second kappa shape index (κ2) is 6.03. The number of aliphatic hydroxyl groups is 1. The molecule has 0 aliphatic rings. The topological polar surface area (TPSA) is 54.6 Å². The van der Waals surface area contributed by atoms with E-state index in [4.69, 9.17) is 10.1 Å². The second-order valence-corrected chi connectivity index (χ2v) is 6.98. The predicted molar refractivity (Wildman–Crippen MR) is 112 cm³/mol. The van der Waals surface area contributed by atoms with Crippen LogP contribution in [-0.4, -0.2) is 21.6 Å². The molecule has 0 atom stereocenters. The number of aromatic nitrogens is 2. The van der Waals surface area contributed by atoms with Gasteiger partial charge in [-0.2, -0.15) is 0 Å². The van der Waals surface area contributed by atoms with E-state index < -0.39 is 0 Å². The van der Waals surface area contributed by atoms with Crippen molar-refractivity contribution in [2.75, 3.05) is 7.11 Å². The van der Waals surface area contributed by atoms with Crippen LogP contribution in [0.4, 0.5) is 0 Å². The number of hydrogen-bond acceptors (Lipinski definition) is 3. The van der Waals surface area contributed by atoms with Crippen LogP contribution in [0.1, 0.15) is 22.3 Å². The molecule has 4 heteroatoms. The van der Waals surface area contributed by atoms with Crippen molar-refractivity contribution in [3.05, 3.63) is 69.0 Å². The lowest BCUT2D eigenvalue weighted by Gasteiger charge is -2.11. The fourth-order valence-electron chi connectivity index (χ4n) is 4.15. The highest BCUT2D eigenvalue weighted by Crippen LogP contribution is 2.33. The molecule has 0 saturated heterocycles. The fourth-order valence-corrected chi connectivity index (χ4v) is 4.15. The number of aliphatic hydroxyl groups excluding tert-OH is 1. The third-order valence-electron chi connectivity index (χ3n) is 5.85.